The summed E-state index contributed by atoms with van der Waals surface area (Å²) in [6.07, 6.45) is 6.17. The van der Waals surface area contributed by atoms with E-state index >= 15 is 0 Å². The van der Waals surface area contributed by atoms with E-state index in [4.69, 9.17) is 0 Å². The summed E-state index contributed by atoms with van der Waals surface area (Å²) >= 11 is 0. The second kappa shape index (κ2) is 9.89. The van der Waals surface area contributed by atoms with Gasteiger partial charge in [0.05, 0.1) is 16.2 Å². The first-order valence-corrected chi connectivity index (χ1v) is 6.43. The maximum atomic E-state index is 9.68. The molecule has 0 spiro atoms. The lowest BCUT2D eigenvalue weighted by molar-refractivity contribution is -0.417. The van der Waals surface area contributed by atoms with Crippen molar-refractivity contribution in [2.24, 2.45) is 0 Å². The molecular weight excluding hydrogens is 214 g/mol. The number of hydrogen-bond donors (Lipinski definition) is 1. The maximum absolute atomic E-state index is 9.68. The molecule has 0 fully saturated rings. The van der Waals surface area contributed by atoms with Crippen molar-refractivity contribution in [2.45, 2.75) is 32.2 Å². The maximum Gasteiger partial charge on any atom is 0.0945 e. The van der Waals surface area contributed by atoms with Crippen molar-refractivity contribution in [2.75, 3.05) is 5.75 Å². The molecule has 0 aliphatic carbocycles. The van der Waals surface area contributed by atoms with Gasteiger partial charge in [-0.15, -0.1) is 13.2 Å². The smallest absolute Gasteiger partial charge is 0.0945 e. The quantitative estimate of drug-likeness (QED) is 0.543. The van der Waals surface area contributed by atoms with Gasteiger partial charge in [0.15, 0.2) is 0 Å². The lowest BCUT2D eigenvalue weighted by atomic mass is 10.1. The molecule has 0 unspecified atom stereocenters. The predicted molar refractivity (Wildman–Crippen MR) is 61.2 cm³/mol. The Morgan fingerprint density at radius 2 is 1.73 bits per heavy atom. The van der Waals surface area contributed by atoms with Crippen LogP contribution in [-0.4, -0.2) is 24.8 Å². The molecule has 0 rings (SSSR count). The zero-order valence-electron chi connectivity index (χ0n) is 9.31. The van der Waals surface area contributed by atoms with Crippen LogP contribution in [0.25, 0.3) is 0 Å². The van der Waals surface area contributed by atoms with Gasteiger partial charge in [-0.2, -0.15) is 0 Å². The highest BCUT2D eigenvalue weighted by Crippen LogP contribution is 1.91. The molecule has 0 bridgehead atoms. The summed E-state index contributed by atoms with van der Waals surface area (Å²) in [5.74, 6) is -0.243. The fourth-order valence-electron chi connectivity index (χ4n) is 0.818. The summed E-state index contributed by atoms with van der Waals surface area (Å²) in [6, 6.07) is 0.477. The third-order valence-electron chi connectivity index (χ3n) is 1.45. The summed E-state index contributed by atoms with van der Waals surface area (Å²) in [4.78, 5) is 0. The molecule has 0 heterocycles. The van der Waals surface area contributed by atoms with E-state index in [-0.39, 0.29) is 5.75 Å². The Morgan fingerprint density at radius 1 is 1.33 bits per heavy atom. The Kier molecular flexibility index (Phi) is 11.1. The first kappa shape index (κ1) is 16.8. The fraction of sp³-hybridized carbons (Fsp3) is 0.600. The van der Waals surface area contributed by atoms with Crippen LogP contribution in [0.5, 0.6) is 0 Å². The minimum absolute atomic E-state index is 0.243. The second-order valence-electron chi connectivity index (χ2n) is 3.18. The Balaban J connectivity index is 0. The van der Waals surface area contributed by atoms with Crippen molar-refractivity contribution in [3.63, 3.8) is 0 Å². The molecule has 90 valence electrons. The lowest BCUT2D eigenvalue weighted by Gasteiger charge is -2.00. The van der Waals surface area contributed by atoms with Gasteiger partial charge in [-0.25, -0.2) is 8.42 Å². The Bertz CT molecular complexity index is 250. The lowest BCUT2D eigenvalue weighted by Crippen LogP contribution is -2.60. The van der Waals surface area contributed by atoms with Crippen LogP contribution in [0.4, 0.5) is 0 Å². The zero-order chi connectivity index (χ0) is 12.3. The molecule has 15 heavy (non-hydrogen) atoms. The second-order valence-corrected chi connectivity index (χ2v) is 4.70. The van der Waals surface area contributed by atoms with Gasteiger partial charge in [0, 0.05) is 18.6 Å². The number of quaternary nitrogens is 1. The van der Waals surface area contributed by atoms with Crippen molar-refractivity contribution in [3.8, 4) is 0 Å². The van der Waals surface area contributed by atoms with Gasteiger partial charge in [0.25, 0.3) is 0 Å². The van der Waals surface area contributed by atoms with Crippen LogP contribution < -0.4 is 5.73 Å². The molecule has 0 aromatic carbocycles. The normalized spacial score (nSPS) is 10.4. The Morgan fingerprint density at radius 3 is 1.87 bits per heavy atom. The van der Waals surface area contributed by atoms with E-state index in [9.17, 15) is 13.0 Å². The van der Waals surface area contributed by atoms with Gasteiger partial charge in [0.1, 0.15) is 0 Å². The molecule has 0 amide bonds. The van der Waals surface area contributed by atoms with E-state index in [1.807, 2.05) is 12.2 Å². The third-order valence-corrected chi connectivity index (χ3v) is 2.36. The molecule has 4 nitrogen and oxygen atoms in total. The molecule has 0 radical (unpaired) electrons. The van der Waals surface area contributed by atoms with E-state index in [1.165, 1.54) is 0 Å². The van der Waals surface area contributed by atoms with Crippen molar-refractivity contribution < 1.29 is 18.7 Å². The molecule has 0 aliphatic rings. The van der Waals surface area contributed by atoms with Crippen molar-refractivity contribution in [1.82, 2.24) is 0 Å². The topological polar surface area (TPSA) is 84.8 Å². The molecular formula is C10H21NO3S. The monoisotopic (exact) mass is 235 g/mol. The van der Waals surface area contributed by atoms with Crippen LogP contribution in [0.2, 0.25) is 0 Å². The minimum atomic E-state index is -3.92. The van der Waals surface area contributed by atoms with E-state index in [0.29, 0.717) is 12.5 Å². The van der Waals surface area contributed by atoms with Gasteiger partial charge < -0.3 is 10.3 Å². The minimum Gasteiger partial charge on any atom is -0.748 e. The largest absolute Gasteiger partial charge is 0.748 e. The van der Waals surface area contributed by atoms with Gasteiger partial charge in [0.2, 0.25) is 0 Å². The van der Waals surface area contributed by atoms with Crippen molar-refractivity contribution in [3.05, 3.63) is 25.3 Å². The Hall–Kier alpha value is -0.650. The molecule has 3 N–H and O–H groups in total. The van der Waals surface area contributed by atoms with Crippen LogP contribution in [0.1, 0.15) is 26.2 Å². The number of rotatable bonds is 6. The number of hydrogen-bond acceptors (Lipinski definition) is 3. The van der Waals surface area contributed by atoms with Gasteiger partial charge >= 0.3 is 0 Å². The highest BCUT2D eigenvalue weighted by molar-refractivity contribution is 7.85. The predicted octanol–water partition coefficient (Wildman–Crippen LogP) is 0.691. The Labute approximate surface area is 92.6 Å². The highest BCUT2D eigenvalue weighted by Gasteiger charge is 1.96. The van der Waals surface area contributed by atoms with Crippen LogP contribution in [0.3, 0.4) is 0 Å². The molecule has 0 atom stereocenters. The van der Waals surface area contributed by atoms with Gasteiger partial charge in [-0.1, -0.05) is 19.1 Å². The molecule has 0 aromatic heterocycles. The molecule has 0 aromatic rings. The molecule has 0 saturated carbocycles. The fourth-order valence-corrected chi connectivity index (χ4v) is 1.32. The van der Waals surface area contributed by atoms with E-state index in [1.54, 1.807) is 6.92 Å². The van der Waals surface area contributed by atoms with Crippen molar-refractivity contribution in [1.29, 1.82) is 0 Å². The van der Waals surface area contributed by atoms with Crippen molar-refractivity contribution >= 4 is 10.1 Å². The zero-order valence-corrected chi connectivity index (χ0v) is 10.1. The third kappa shape index (κ3) is 19.7. The van der Waals surface area contributed by atoms with E-state index < -0.39 is 10.1 Å². The standard InChI is InChI=1S/C7H13N.C3H8O3S/c1-3-5-7(8)6-4-2;1-2-3-7(4,5)6/h3-4,7H,1-2,5-6,8H2;2-3H2,1H3,(H,4,5,6). The van der Waals surface area contributed by atoms with Gasteiger partial charge in [-0.3, -0.25) is 0 Å². The summed E-state index contributed by atoms with van der Waals surface area (Å²) in [5.41, 5.74) is 3.88. The highest BCUT2D eigenvalue weighted by atomic mass is 32.2. The summed E-state index contributed by atoms with van der Waals surface area (Å²) in [7, 11) is -3.92. The average Bonchev–Trinajstić information content (AvgIpc) is 2.03. The van der Waals surface area contributed by atoms with Crippen LogP contribution in [0.15, 0.2) is 25.3 Å². The van der Waals surface area contributed by atoms with E-state index in [0.717, 1.165) is 12.8 Å². The average molecular weight is 235 g/mol. The first-order valence-electron chi connectivity index (χ1n) is 4.85. The summed E-state index contributed by atoms with van der Waals surface area (Å²) in [6.45, 7) is 8.87. The van der Waals surface area contributed by atoms with Crippen LogP contribution in [-0.2, 0) is 10.1 Å². The van der Waals surface area contributed by atoms with Crippen LogP contribution in [0, 0.1) is 0 Å². The SMILES string of the molecule is C=CCC([NH3+])CC=C.CCCS(=O)(=O)[O-]. The van der Waals surface area contributed by atoms with Gasteiger partial charge in [-0.05, 0) is 6.42 Å². The van der Waals surface area contributed by atoms with E-state index in [2.05, 4.69) is 18.9 Å². The van der Waals surface area contributed by atoms with Crippen LogP contribution >= 0.6 is 0 Å². The molecule has 5 heteroatoms. The molecule has 0 saturated heterocycles. The summed E-state index contributed by atoms with van der Waals surface area (Å²) in [5, 5.41) is 0. The summed E-state index contributed by atoms with van der Waals surface area (Å²) < 4.78 is 29.0. The molecule has 0 aliphatic heterocycles. The first-order chi connectivity index (χ1) is 6.87.